The normalized spacial score (nSPS) is 14.8. The van der Waals surface area contributed by atoms with Crippen molar-refractivity contribution in [3.05, 3.63) is 29.8 Å². The molecule has 1 aromatic rings. The summed E-state index contributed by atoms with van der Waals surface area (Å²) in [5.74, 6) is 0.900. The Hall–Kier alpha value is -1.84. The Labute approximate surface area is 101 Å². The fourth-order valence-corrected chi connectivity index (χ4v) is 1.75. The zero-order valence-corrected chi connectivity index (χ0v) is 9.99. The van der Waals surface area contributed by atoms with Crippen molar-refractivity contribution in [3.8, 4) is 0 Å². The van der Waals surface area contributed by atoms with Gasteiger partial charge in [0.15, 0.2) is 0 Å². The summed E-state index contributed by atoms with van der Waals surface area (Å²) in [7, 11) is 0. The van der Waals surface area contributed by atoms with Crippen molar-refractivity contribution < 1.29 is 4.79 Å². The molecule has 4 nitrogen and oxygen atoms in total. The topological polar surface area (TPSA) is 53.5 Å². The molecule has 0 saturated heterocycles. The van der Waals surface area contributed by atoms with E-state index in [2.05, 4.69) is 15.6 Å². The average molecular weight is 231 g/mol. The van der Waals surface area contributed by atoms with Gasteiger partial charge in [-0.05, 0) is 18.6 Å². The van der Waals surface area contributed by atoms with Crippen LogP contribution in [-0.2, 0) is 4.79 Å². The highest BCUT2D eigenvalue weighted by Gasteiger charge is 2.12. The number of aliphatic imine (C=N–C) groups is 1. The third kappa shape index (κ3) is 2.84. The highest BCUT2D eigenvalue weighted by Crippen LogP contribution is 2.16. The van der Waals surface area contributed by atoms with Gasteiger partial charge in [0.2, 0.25) is 5.91 Å². The van der Waals surface area contributed by atoms with E-state index in [1.807, 2.05) is 31.2 Å². The highest BCUT2D eigenvalue weighted by atomic mass is 16.1. The number of carbonyl (C=O) groups excluding carboxylic acids is 1. The van der Waals surface area contributed by atoms with Gasteiger partial charge in [0.05, 0.1) is 5.69 Å². The first-order valence-electron chi connectivity index (χ1n) is 5.99. The molecule has 0 fully saturated rings. The Balaban J connectivity index is 2.26. The molecule has 0 bridgehead atoms. The SMILES string of the molecule is CCC(=O)Nc1ccccc1C1=NCCCN1. The van der Waals surface area contributed by atoms with E-state index in [1.54, 1.807) is 0 Å². The van der Waals surface area contributed by atoms with Gasteiger partial charge in [-0.25, -0.2) is 0 Å². The number of benzene rings is 1. The molecule has 1 heterocycles. The van der Waals surface area contributed by atoms with Gasteiger partial charge in [-0.15, -0.1) is 0 Å². The van der Waals surface area contributed by atoms with Crippen molar-refractivity contribution in [1.82, 2.24) is 5.32 Å². The summed E-state index contributed by atoms with van der Waals surface area (Å²) in [5.41, 5.74) is 1.79. The summed E-state index contributed by atoms with van der Waals surface area (Å²) in [6, 6.07) is 7.75. The molecule has 0 radical (unpaired) electrons. The predicted molar refractivity (Wildman–Crippen MR) is 69.4 cm³/mol. The second-order valence-electron chi connectivity index (χ2n) is 3.96. The zero-order valence-electron chi connectivity index (χ0n) is 9.99. The number of carbonyl (C=O) groups is 1. The first kappa shape index (κ1) is 11.6. The van der Waals surface area contributed by atoms with Gasteiger partial charge in [-0.1, -0.05) is 19.1 Å². The Morgan fingerprint density at radius 1 is 1.47 bits per heavy atom. The largest absolute Gasteiger partial charge is 0.370 e. The average Bonchev–Trinajstić information content (AvgIpc) is 2.40. The summed E-state index contributed by atoms with van der Waals surface area (Å²) in [4.78, 5) is 15.9. The minimum atomic E-state index is 0.0221. The van der Waals surface area contributed by atoms with E-state index in [0.29, 0.717) is 6.42 Å². The highest BCUT2D eigenvalue weighted by molar-refractivity contribution is 6.06. The molecule has 2 N–H and O–H groups in total. The second-order valence-corrected chi connectivity index (χ2v) is 3.96. The van der Waals surface area contributed by atoms with Crippen molar-refractivity contribution in [3.63, 3.8) is 0 Å². The van der Waals surface area contributed by atoms with Crippen LogP contribution >= 0.6 is 0 Å². The van der Waals surface area contributed by atoms with Crippen LogP contribution in [0.3, 0.4) is 0 Å². The van der Waals surface area contributed by atoms with E-state index in [0.717, 1.165) is 36.6 Å². The molecule has 17 heavy (non-hydrogen) atoms. The fourth-order valence-electron chi connectivity index (χ4n) is 1.75. The second kappa shape index (κ2) is 5.48. The molecule has 90 valence electrons. The van der Waals surface area contributed by atoms with Gasteiger partial charge < -0.3 is 10.6 Å². The number of anilines is 1. The third-order valence-electron chi connectivity index (χ3n) is 2.67. The van der Waals surface area contributed by atoms with Gasteiger partial charge in [0, 0.05) is 25.1 Å². The third-order valence-corrected chi connectivity index (χ3v) is 2.67. The van der Waals surface area contributed by atoms with Crippen LogP contribution in [0.5, 0.6) is 0 Å². The summed E-state index contributed by atoms with van der Waals surface area (Å²) >= 11 is 0. The number of nitrogens with one attached hydrogen (secondary N) is 2. The Kier molecular flexibility index (Phi) is 3.75. The summed E-state index contributed by atoms with van der Waals surface area (Å²) in [6.45, 7) is 3.63. The van der Waals surface area contributed by atoms with Crippen LogP contribution in [0, 0.1) is 0 Å². The maximum absolute atomic E-state index is 11.4. The van der Waals surface area contributed by atoms with Crippen LogP contribution in [0.1, 0.15) is 25.3 Å². The minimum absolute atomic E-state index is 0.0221. The molecule has 4 heteroatoms. The lowest BCUT2D eigenvalue weighted by Gasteiger charge is -2.17. The van der Waals surface area contributed by atoms with Crippen LogP contribution in [-0.4, -0.2) is 24.8 Å². The fraction of sp³-hybridized carbons (Fsp3) is 0.385. The smallest absolute Gasteiger partial charge is 0.224 e. The molecule has 2 rings (SSSR count). The van der Waals surface area contributed by atoms with Gasteiger partial charge in [-0.3, -0.25) is 9.79 Å². The van der Waals surface area contributed by atoms with Crippen molar-refractivity contribution in [1.29, 1.82) is 0 Å². The predicted octanol–water partition coefficient (Wildman–Crippen LogP) is 1.77. The number of amidine groups is 1. The van der Waals surface area contributed by atoms with E-state index in [1.165, 1.54) is 0 Å². The van der Waals surface area contributed by atoms with Gasteiger partial charge in [-0.2, -0.15) is 0 Å². The first-order valence-corrected chi connectivity index (χ1v) is 5.99. The molecule has 0 unspecified atom stereocenters. The summed E-state index contributed by atoms with van der Waals surface area (Å²) < 4.78 is 0. The van der Waals surface area contributed by atoms with Crippen molar-refractivity contribution >= 4 is 17.4 Å². The van der Waals surface area contributed by atoms with Gasteiger partial charge in [0.25, 0.3) is 0 Å². The van der Waals surface area contributed by atoms with Crippen molar-refractivity contribution in [2.24, 2.45) is 4.99 Å². The van der Waals surface area contributed by atoms with Crippen LogP contribution in [0.4, 0.5) is 5.69 Å². The Morgan fingerprint density at radius 2 is 2.29 bits per heavy atom. The number of hydrogen-bond acceptors (Lipinski definition) is 3. The molecule has 1 aliphatic heterocycles. The van der Waals surface area contributed by atoms with Gasteiger partial charge in [0.1, 0.15) is 5.84 Å². The molecule has 0 aliphatic carbocycles. The van der Waals surface area contributed by atoms with Gasteiger partial charge >= 0.3 is 0 Å². The molecule has 1 aromatic carbocycles. The summed E-state index contributed by atoms with van der Waals surface area (Å²) in [6.07, 6.45) is 1.54. The van der Waals surface area contributed by atoms with E-state index < -0.39 is 0 Å². The molecule has 0 saturated carbocycles. The van der Waals surface area contributed by atoms with Crippen molar-refractivity contribution in [2.75, 3.05) is 18.4 Å². The van der Waals surface area contributed by atoms with E-state index in [9.17, 15) is 4.79 Å². The molecular weight excluding hydrogens is 214 g/mol. The number of hydrogen-bond donors (Lipinski definition) is 2. The van der Waals surface area contributed by atoms with Crippen molar-refractivity contribution in [2.45, 2.75) is 19.8 Å². The molecule has 1 amide bonds. The number of amides is 1. The lowest BCUT2D eigenvalue weighted by atomic mass is 10.1. The van der Waals surface area contributed by atoms with E-state index in [4.69, 9.17) is 0 Å². The summed E-state index contributed by atoms with van der Waals surface area (Å²) in [5, 5.41) is 6.16. The Bertz CT molecular complexity index is 440. The molecule has 1 aliphatic rings. The number of para-hydroxylation sites is 1. The molecule has 0 spiro atoms. The lowest BCUT2D eigenvalue weighted by molar-refractivity contribution is -0.115. The van der Waals surface area contributed by atoms with Crippen LogP contribution in [0.2, 0.25) is 0 Å². The number of rotatable bonds is 3. The van der Waals surface area contributed by atoms with Crippen LogP contribution < -0.4 is 10.6 Å². The van der Waals surface area contributed by atoms with Crippen LogP contribution in [0.25, 0.3) is 0 Å². The maximum atomic E-state index is 11.4. The first-order chi connectivity index (χ1) is 8.31. The quantitative estimate of drug-likeness (QED) is 0.833. The monoisotopic (exact) mass is 231 g/mol. The molecular formula is C13H17N3O. The zero-order chi connectivity index (χ0) is 12.1. The number of nitrogens with zero attached hydrogens (tertiary/aromatic N) is 1. The standard InChI is InChI=1S/C13H17N3O/c1-2-12(17)16-11-7-4-3-6-10(11)13-14-8-5-9-15-13/h3-4,6-7H,2,5,8-9H2,1H3,(H,14,15)(H,16,17). The maximum Gasteiger partial charge on any atom is 0.224 e. The van der Waals surface area contributed by atoms with E-state index >= 15 is 0 Å². The molecule has 0 aromatic heterocycles. The minimum Gasteiger partial charge on any atom is -0.370 e. The van der Waals surface area contributed by atoms with Crippen LogP contribution in [0.15, 0.2) is 29.3 Å². The van der Waals surface area contributed by atoms with E-state index in [-0.39, 0.29) is 5.91 Å². The molecule has 0 atom stereocenters. The lowest BCUT2D eigenvalue weighted by Crippen LogP contribution is -2.31. The Morgan fingerprint density at radius 3 is 3.00 bits per heavy atom.